The van der Waals surface area contributed by atoms with Gasteiger partial charge >= 0.3 is 0 Å². The van der Waals surface area contributed by atoms with Gasteiger partial charge in [-0.05, 0) is 24.1 Å². The van der Waals surface area contributed by atoms with Crippen molar-refractivity contribution in [1.29, 1.82) is 0 Å². The summed E-state index contributed by atoms with van der Waals surface area (Å²) in [7, 11) is 0. The van der Waals surface area contributed by atoms with E-state index in [0.717, 1.165) is 31.2 Å². The highest BCUT2D eigenvalue weighted by molar-refractivity contribution is 6.35. The predicted molar refractivity (Wildman–Crippen MR) is 102 cm³/mol. The van der Waals surface area contributed by atoms with Crippen molar-refractivity contribution in [2.45, 2.75) is 38.6 Å². The lowest BCUT2D eigenvalue weighted by molar-refractivity contribution is 0.163. The third-order valence-electron chi connectivity index (χ3n) is 3.99. The first kappa shape index (κ1) is 22.3. The first-order chi connectivity index (χ1) is 9.72. The van der Waals surface area contributed by atoms with Gasteiger partial charge in [-0.2, -0.15) is 0 Å². The number of piperazine rings is 1. The van der Waals surface area contributed by atoms with Crippen LogP contribution in [0.15, 0.2) is 18.2 Å². The van der Waals surface area contributed by atoms with E-state index < -0.39 is 0 Å². The van der Waals surface area contributed by atoms with Crippen molar-refractivity contribution in [3.63, 3.8) is 0 Å². The maximum atomic E-state index is 6.43. The van der Waals surface area contributed by atoms with Crippen molar-refractivity contribution in [3.8, 4) is 0 Å². The molecule has 1 aromatic carbocycles. The van der Waals surface area contributed by atoms with Crippen LogP contribution < -0.4 is 5.32 Å². The van der Waals surface area contributed by atoms with E-state index in [1.807, 2.05) is 12.1 Å². The quantitative estimate of drug-likeness (QED) is 0.660. The lowest BCUT2D eigenvalue weighted by Gasteiger charge is -2.35. The SMILES string of the molecule is CCCCC[C@H](c1ccc(Cl)cc1Cl)N1CCNCC1.Cl.Cl. The molecule has 0 saturated carbocycles. The Morgan fingerprint density at radius 3 is 2.41 bits per heavy atom. The molecule has 0 spiro atoms. The van der Waals surface area contributed by atoms with Crippen LogP contribution in [0.25, 0.3) is 0 Å². The summed E-state index contributed by atoms with van der Waals surface area (Å²) in [6, 6.07) is 6.35. The Balaban J connectivity index is 0.00000220. The number of benzene rings is 1. The van der Waals surface area contributed by atoms with Gasteiger partial charge in [0.1, 0.15) is 0 Å². The molecule has 0 aliphatic carbocycles. The molecule has 1 aliphatic heterocycles. The zero-order valence-electron chi connectivity index (χ0n) is 13.0. The van der Waals surface area contributed by atoms with Crippen LogP contribution in [0.5, 0.6) is 0 Å². The summed E-state index contributed by atoms with van der Waals surface area (Å²) in [5.41, 5.74) is 1.23. The number of halogens is 4. The van der Waals surface area contributed by atoms with Crippen molar-refractivity contribution < 1.29 is 0 Å². The molecule has 1 heterocycles. The van der Waals surface area contributed by atoms with Gasteiger partial charge in [-0.25, -0.2) is 0 Å². The van der Waals surface area contributed by atoms with E-state index in [0.29, 0.717) is 11.1 Å². The van der Waals surface area contributed by atoms with Crippen LogP contribution in [0.1, 0.15) is 44.2 Å². The van der Waals surface area contributed by atoms with E-state index in [1.54, 1.807) is 0 Å². The Bertz CT molecular complexity index is 423. The van der Waals surface area contributed by atoms with E-state index in [-0.39, 0.29) is 24.8 Å². The summed E-state index contributed by atoms with van der Waals surface area (Å²) in [5, 5.41) is 4.93. The van der Waals surface area contributed by atoms with Gasteiger partial charge in [0.05, 0.1) is 0 Å². The van der Waals surface area contributed by atoms with Gasteiger partial charge in [0.25, 0.3) is 0 Å². The van der Waals surface area contributed by atoms with Gasteiger partial charge in [-0.1, -0.05) is 55.5 Å². The smallest absolute Gasteiger partial charge is 0.0468 e. The number of nitrogens with one attached hydrogen (secondary N) is 1. The Kier molecular flexibility index (Phi) is 11.9. The normalized spacial score (nSPS) is 16.5. The van der Waals surface area contributed by atoms with Crippen LogP contribution in [-0.4, -0.2) is 31.1 Å². The molecule has 1 atom stereocenters. The van der Waals surface area contributed by atoms with Gasteiger partial charge in [0.2, 0.25) is 0 Å². The van der Waals surface area contributed by atoms with Crippen LogP contribution in [0.4, 0.5) is 0 Å². The monoisotopic (exact) mass is 386 g/mol. The molecular weight excluding hydrogens is 362 g/mol. The largest absolute Gasteiger partial charge is 0.314 e. The third kappa shape index (κ3) is 6.43. The second-order valence-electron chi connectivity index (χ2n) is 5.46. The minimum atomic E-state index is 0. The Morgan fingerprint density at radius 1 is 1.14 bits per heavy atom. The average molecular weight is 388 g/mol. The van der Waals surface area contributed by atoms with Gasteiger partial charge in [-0.3, -0.25) is 4.90 Å². The molecule has 0 amide bonds. The highest BCUT2D eigenvalue weighted by Crippen LogP contribution is 2.33. The third-order valence-corrected chi connectivity index (χ3v) is 4.56. The maximum Gasteiger partial charge on any atom is 0.0468 e. The van der Waals surface area contributed by atoms with Gasteiger partial charge in [0, 0.05) is 42.3 Å². The lowest BCUT2D eigenvalue weighted by Crippen LogP contribution is -2.45. The van der Waals surface area contributed by atoms with Crippen molar-refractivity contribution in [2.75, 3.05) is 26.2 Å². The van der Waals surface area contributed by atoms with Crippen molar-refractivity contribution in [3.05, 3.63) is 33.8 Å². The summed E-state index contributed by atoms with van der Waals surface area (Å²) in [5.74, 6) is 0. The Labute approximate surface area is 156 Å². The van der Waals surface area contributed by atoms with Crippen LogP contribution in [-0.2, 0) is 0 Å². The van der Waals surface area contributed by atoms with E-state index in [9.17, 15) is 0 Å². The second kappa shape index (κ2) is 11.8. The molecule has 6 heteroatoms. The lowest BCUT2D eigenvalue weighted by atomic mass is 9.98. The highest BCUT2D eigenvalue weighted by atomic mass is 35.5. The maximum absolute atomic E-state index is 6.43. The zero-order chi connectivity index (χ0) is 14.4. The molecule has 128 valence electrons. The molecular formula is C16H26Cl4N2. The first-order valence-electron chi connectivity index (χ1n) is 7.62. The molecule has 1 N–H and O–H groups in total. The molecule has 0 bridgehead atoms. The minimum absolute atomic E-state index is 0. The molecule has 0 aromatic heterocycles. The Hall–Kier alpha value is 0.300. The fourth-order valence-electron chi connectivity index (χ4n) is 2.89. The fourth-order valence-corrected chi connectivity index (χ4v) is 3.42. The topological polar surface area (TPSA) is 15.3 Å². The summed E-state index contributed by atoms with van der Waals surface area (Å²) in [4.78, 5) is 2.56. The summed E-state index contributed by atoms with van der Waals surface area (Å²) in [6.45, 7) is 6.56. The van der Waals surface area contributed by atoms with Crippen molar-refractivity contribution >= 4 is 48.0 Å². The molecule has 1 aromatic rings. The van der Waals surface area contributed by atoms with Gasteiger partial charge < -0.3 is 5.32 Å². The zero-order valence-corrected chi connectivity index (χ0v) is 16.1. The van der Waals surface area contributed by atoms with E-state index in [1.165, 1.54) is 31.2 Å². The fraction of sp³-hybridized carbons (Fsp3) is 0.625. The van der Waals surface area contributed by atoms with E-state index in [2.05, 4.69) is 23.2 Å². The molecule has 2 rings (SSSR count). The van der Waals surface area contributed by atoms with Gasteiger partial charge in [0.15, 0.2) is 0 Å². The number of unbranched alkanes of at least 4 members (excludes halogenated alkanes) is 2. The highest BCUT2D eigenvalue weighted by Gasteiger charge is 2.23. The van der Waals surface area contributed by atoms with Crippen LogP contribution in [0.2, 0.25) is 10.0 Å². The molecule has 0 radical (unpaired) electrons. The van der Waals surface area contributed by atoms with Crippen LogP contribution >= 0.6 is 48.0 Å². The van der Waals surface area contributed by atoms with Crippen LogP contribution in [0, 0.1) is 0 Å². The summed E-state index contributed by atoms with van der Waals surface area (Å²) >= 11 is 12.5. The standard InChI is InChI=1S/C16H24Cl2N2.2ClH/c1-2-3-4-5-16(20-10-8-19-9-11-20)14-7-6-13(17)12-15(14)18;;/h6-7,12,16,19H,2-5,8-11H2,1H3;2*1H/t16-;;/m1../s1. The number of rotatable bonds is 6. The molecule has 2 nitrogen and oxygen atoms in total. The summed E-state index contributed by atoms with van der Waals surface area (Å²) < 4.78 is 0. The first-order valence-corrected chi connectivity index (χ1v) is 8.37. The number of hydrogen-bond acceptors (Lipinski definition) is 2. The van der Waals surface area contributed by atoms with E-state index in [4.69, 9.17) is 23.2 Å². The van der Waals surface area contributed by atoms with Crippen molar-refractivity contribution in [2.24, 2.45) is 0 Å². The minimum Gasteiger partial charge on any atom is -0.314 e. The average Bonchev–Trinajstić information content (AvgIpc) is 2.46. The second-order valence-corrected chi connectivity index (χ2v) is 6.31. The number of hydrogen-bond donors (Lipinski definition) is 1. The van der Waals surface area contributed by atoms with Gasteiger partial charge in [-0.15, -0.1) is 24.8 Å². The van der Waals surface area contributed by atoms with Crippen LogP contribution in [0.3, 0.4) is 0 Å². The number of nitrogens with zero attached hydrogens (tertiary/aromatic N) is 1. The predicted octanol–water partition coefficient (Wildman–Crippen LogP) is 5.36. The Morgan fingerprint density at radius 2 is 1.82 bits per heavy atom. The van der Waals surface area contributed by atoms with Crippen molar-refractivity contribution in [1.82, 2.24) is 10.2 Å². The molecule has 1 aliphatic rings. The summed E-state index contributed by atoms with van der Waals surface area (Å²) in [6.07, 6.45) is 4.97. The molecule has 22 heavy (non-hydrogen) atoms. The van der Waals surface area contributed by atoms with E-state index >= 15 is 0 Å². The molecule has 0 unspecified atom stereocenters. The molecule has 1 saturated heterocycles. The molecule has 1 fully saturated rings.